The van der Waals surface area contributed by atoms with E-state index in [9.17, 15) is 0 Å². The summed E-state index contributed by atoms with van der Waals surface area (Å²) in [6, 6.07) is 0.817. The molecule has 1 nitrogen and oxygen atoms in total. The standard InChI is InChI=1S/C17H35N/c1-4-7-9-16(6-3)14-18-17-11-8-10-15(5-2)12-13-17/h15-18H,4-14H2,1-3H3. The summed E-state index contributed by atoms with van der Waals surface area (Å²) in [6.07, 6.45) is 14.1. The van der Waals surface area contributed by atoms with Crippen molar-refractivity contribution in [3.05, 3.63) is 0 Å². The zero-order valence-corrected chi connectivity index (χ0v) is 13.0. The van der Waals surface area contributed by atoms with Crippen LogP contribution in [0.5, 0.6) is 0 Å². The van der Waals surface area contributed by atoms with Crippen LogP contribution in [0.15, 0.2) is 0 Å². The number of rotatable bonds is 8. The van der Waals surface area contributed by atoms with Crippen LogP contribution < -0.4 is 5.32 Å². The van der Waals surface area contributed by atoms with Crippen molar-refractivity contribution in [1.29, 1.82) is 0 Å². The van der Waals surface area contributed by atoms with Crippen molar-refractivity contribution in [2.45, 2.75) is 91.0 Å². The Kier molecular flexibility index (Phi) is 8.75. The van der Waals surface area contributed by atoms with Gasteiger partial charge in [-0.05, 0) is 44.1 Å². The molecule has 108 valence electrons. The molecule has 0 aromatic carbocycles. The van der Waals surface area contributed by atoms with Gasteiger partial charge in [-0.1, -0.05) is 59.3 Å². The van der Waals surface area contributed by atoms with Gasteiger partial charge in [0.2, 0.25) is 0 Å². The molecule has 0 bridgehead atoms. The molecule has 0 aliphatic heterocycles. The summed E-state index contributed by atoms with van der Waals surface area (Å²) in [5.41, 5.74) is 0. The maximum Gasteiger partial charge on any atom is 0.00672 e. The number of nitrogens with one attached hydrogen (secondary N) is 1. The molecule has 0 heterocycles. The molecule has 1 N–H and O–H groups in total. The van der Waals surface area contributed by atoms with Crippen LogP contribution in [-0.4, -0.2) is 12.6 Å². The second kappa shape index (κ2) is 9.83. The molecule has 1 aliphatic carbocycles. The van der Waals surface area contributed by atoms with E-state index in [1.165, 1.54) is 70.8 Å². The molecule has 1 aliphatic rings. The third-order valence-corrected chi connectivity index (χ3v) is 4.90. The van der Waals surface area contributed by atoms with Crippen LogP contribution in [0.25, 0.3) is 0 Å². The van der Waals surface area contributed by atoms with Crippen LogP contribution in [0.1, 0.15) is 85.0 Å². The van der Waals surface area contributed by atoms with Crippen molar-refractivity contribution in [2.75, 3.05) is 6.54 Å². The highest BCUT2D eigenvalue weighted by Gasteiger charge is 2.18. The minimum Gasteiger partial charge on any atom is -0.314 e. The number of hydrogen-bond acceptors (Lipinski definition) is 1. The molecule has 0 saturated heterocycles. The molecule has 1 fully saturated rings. The summed E-state index contributed by atoms with van der Waals surface area (Å²) in [5.74, 6) is 1.93. The van der Waals surface area contributed by atoms with Crippen molar-refractivity contribution in [3.63, 3.8) is 0 Å². The lowest BCUT2D eigenvalue weighted by Crippen LogP contribution is -2.33. The molecular weight excluding hydrogens is 218 g/mol. The Bertz CT molecular complexity index is 190. The van der Waals surface area contributed by atoms with E-state index < -0.39 is 0 Å². The van der Waals surface area contributed by atoms with Crippen LogP contribution >= 0.6 is 0 Å². The third kappa shape index (κ3) is 6.22. The molecule has 1 rings (SSSR count). The molecule has 1 saturated carbocycles. The van der Waals surface area contributed by atoms with Crippen molar-refractivity contribution in [3.8, 4) is 0 Å². The van der Waals surface area contributed by atoms with Crippen LogP contribution in [0.2, 0.25) is 0 Å². The molecule has 18 heavy (non-hydrogen) atoms. The van der Waals surface area contributed by atoms with E-state index in [-0.39, 0.29) is 0 Å². The van der Waals surface area contributed by atoms with Crippen LogP contribution in [-0.2, 0) is 0 Å². The van der Waals surface area contributed by atoms with Gasteiger partial charge in [0, 0.05) is 6.04 Å². The SMILES string of the molecule is CCCCC(CC)CNC1CCCC(CC)CC1. The minimum absolute atomic E-state index is 0.817. The molecule has 0 aromatic rings. The summed E-state index contributed by atoms with van der Waals surface area (Å²) in [4.78, 5) is 0. The smallest absolute Gasteiger partial charge is 0.00672 e. The molecule has 0 radical (unpaired) electrons. The Morgan fingerprint density at radius 1 is 1.06 bits per heavy atom. The van der Waals surface area contributed by atoms with E-state index in [1.807, 2.05) is 0 Å². The first-order valence-electron chi connectivity index (χ1n) is 8.53. The number of hydrogen-bond donors (Lipinski definition) is 1. The topological polar surface area (TPSA) is 12.0 Å². The normalized spacial score (nSPS) is 26.8. The quantitative estimate of drug-likeness (QED) is 0.590. The van der Waals surface area contributed by atoms with Gasteiger partial charge in [-0.25, -0.2) is 0 Å². The number of unbranched alkanes of at least 4 members (excludes halogenated alkanes) is 1. The fraction of sp³-hybridized carbons (Fsp3) is 1.00. The van der Waals surface area contributed by atoms with E-state index >= 15 is 0 Å². The molecule has 0 amide bonds. The van der Waals surface area contributed by atoms with Gasteiger partial charge in [-0.2, -0.15) is 0 Å². The highest BCUT2D eigenvalue weighted by molar-refractivity contribution is 4.75. The van der Waals surface area contributed by atoms with E-state index in [0.29, 0.717) is 0 Å². The first-order valence-corrected chi connectivity index (χ1v) is 8.53. The first kappa shape index (κ1) is 16.0. The highest BCUT2D eigenvalue weighted by Crippen LogP contribution is 2.25. The molecule has 0 spiro atoms. The zero-order valence-electron chi connectivity index (χ0n) is 13.0. The van der Waals surface area contributed by atoms with Gasteiger partial charge < -0.3 is 5.32 Å². The third-order valence-electron chi connectivity index (χ3n) is 4.90. The van der Waals surface area contributed by atoms with Gasteiger partial charge in [0.1, 0.15) is 0 Å². The summed E-state index contributed by atoms with van der Waals surface area (Å²) in [5, 5.41) is 3.87. The van der Waals surface area contributed by atoms with Crippen molar-refractivity contribution in [1.82, 2.24) is 5.32 Å². The van der Waals surface area contributed by atoms with E-state index in [4.69, 9.17) is 0 Å². The minimum atomic E-state index is 0.817. The second-order valence-electron chi connectivity index (χ2n) is 6.30. The molecule has 1 heteroatoms. The summed E-state index contributed by atoms with van der Waals surface area (Å²) >= 11 is 0. The van der Waals surface area contributed by atoms with Crippen molar-refractivity contribution < 1.29 is 0 Å². The molecule has 0 aromatic heterocycles. The fourth-order valence-corrected chi connectivity index (χ4v) is 3.27. The van der Waals surface area contributed by atoms with E-state index in [2.05, 4.69) is 26.1 Å². The Balaban J connectivity index is 2.20. The summed E-state index contributed by atoms with van der Waals surface area (Å²) < 4.78 is 0. The fourth-order valence-electron chi connectivity index (χ4n) is 3.27. The monoisotopic (exact) mass is 253 g/mol. The van der Waals surface area contributed by atoms with Crippen LogP contribution in [0.4, 0.5) is 0 Å². The predicted octanol–water partition coefficient (Wildman–Crippen LogP) is 5.15. The average Bonchev–Trinajstić information content (AvgIpc) is 2.64. The van der Waals surface area contributed by atoms with Gasteiger partial charge >= 0.3 is 0 Å². The van der Waals surface area contributed by atoms with Gasteiger partial charge in [0.15, 0.2) is 0 Å². The van der Waals surface area contributed by atoms with Gasteiger partial charge in [0.05, 0.1) is 0 Å². The maximum absolute atomic E-state index is 3.87. The van der Waals surface area contributed by atoms with Gasteiger partial charge in [0.25, 0.3) is 0 Å². The molecule has 3 unspecified atom stereocenters. The Morgan fingerprint density at radius 3 is 2.56 bits per heavy atom. The molecular formula is C17H35N. The largest absolute Gasteiger partial charge is 0.314 e. The Hall–Kier alpha value is -0.0400. The van der Waals surface area contributed by atoms with E-state index in [1.54, 1.807) is 0 Å². The lowest BCUT2D eigenvalue weighted by Gasteiger charge is -2.21. The van der Waals surface area contributed by atoms with Crippen LogP contribution in [0, 0.1) is 11.8 Å². The summed E-state index contributed by atoms with van der Waals surface area (Å²) in [7, 11) is 0. The summed E-state index contributed by atoms with van der Waals surface area (Å²) in [6.45, 7) is 8.27. The average molecular weight is 253 g/mol. The second-order valence-corrected chi connectivity index (χ2v) is 6.30. The van der Waals surface area contributed by atoms with Crippen LogP contribution in [0.3, 0.4) is 0 Å². The lowest BCUT2D eigenvalue weighted by atomic mass is 9.97. The molecule has 3 atom stereocenters. The van der Waals surface area contributed by atoms with Gasteiger partial charge in [-0.3, -0.25) is 0 Å². The predicted molar refractivity (Wildman–Crippen MR) is 82.0 cm³/mol. The van der Waals surface area contributed by atoms with Gasteiger partial charge in [-0.15, -0.1) is 0 Å². The zero-order chi connectivity index (χ0) is 13.2. The van der Waals surface area contributed by atoms with E-state index in [0.717, 1.165) is 17.9 Å². The maximum atomic E-state index is 3.87. The van der Waals surface area contributed by atoms with Crippen molar-refractivity contribution in [2.24, 2.45) is 11.8 Å². The highest BCUT2D eigenvalue weighted by atomic mass is 14.9. The van der Waals surface area contributed by atoms with Crippen molar-refractivity contribution >= 4 is 0 Å². The Morgan fingerprint density at radius 2 is 1.89 bits per heavy atom. The lowest BCUT2D eigenvalue weighted by molar-refractivity contribution is 0.365. The first-order chi connectivity index (χ1) is 8.80. The Labute approximate surface area is 115 Å².